The number of rotatable bonds is 21. The normalized spacial score (nSPS) is 13.9. The van der Waals surface area contributed by atoms with Gasteiger partial charge in [0.25, 0.3) is 0 Å². The van der Waals surface area contributed by atoms with E-state index in [1.54, 1.807) is 0 Å². The number of unbranched alkanes of at least 4 members (excludes halogenated alkanes) is 15. The molecule has 0 aromatic heterocycles. The summed E-state index contributed by atoms with van der Waals surface area (Å²) in [4.78, 5) is 8.13. The second-order valence-corrected chi connectivity index (χ2v) is 16.8. The first-order chi connectivity index (χ1) is 26.7. The Morgan fingerprint density at radius 1 is 0.315 bits per heavy atom. The average Bonchev–Trinajstić information content (AvgIpc) is 3.19. The maximum absolute atomic E-state index is 2.76. The van der Waals surface area contributed by atoms with Crippen molar-refractivity contribution in [2.45, 2.75) is 156 Å². The van der Waals surface area contributed by atoms with Gasteiger partial charge in [0.05, 0.1) is 0 Å². The fourth-order valence-corrected chi connectivity index (χ4v) is 9.62. The van der Waals surface area contributed by atoms with Crippen molar-refractivity contribution in [3.63, 3.8) is 0 Å². The number of hydrogen-bond acceptors (Lipinski definition) is 3. The zero-order chi connectivity index (χ0) is 37.1. The standard InChI is InChI=1S/C51H69N3/c1-4-7-10-13-16-23-30-52-46-28-21-19-26-40(46)33-42-36-50-44(38-48(42)52)35-45-39-49-43(37-51(45)54(50)32-25-18-15-12-9-6-3)34-41-27-20-22-29-47(41)53(49)31-24-17-14-11-8-5-2/h19-22,26-29,36-39H,4-18,23-25,30-35H2,1-3H3. The molecule has 7 rings (SSSR count). The van der Waals surface area contributed by atoms with Gasteiger partial charge in [0.15, 0.2) is 0 Å². The zero-order valence-electron chi connectivity index (χ0n) is 34.2. The minimum Gasteiger partial charge on any atom is -0.341 e. The van der Waals surface area contributed by atoms with E-state index in [2.05, 4.69) is 108 Å². The molecule has 0 amide bonds. The molecule has 4 aromatic rings. The molecule has 0 N–H and O–H groups in total. The first kappa shape index (κ1) is 38.6. The number of fused-ring (bicyclic) bond motifs is 6. The second kappa shape index (κ2) is 19.2. The molecule has 0 spiro atoms. The monoisotopic (exact) mass is 724 g/mol. The van der Waals surface area contributed by atoms with Gasteiger partial charge in [0, 0.05) is 73.0 Å². The first-order valence-electron chi connectivity index (χ1n) is 22.5. The Kier molecular flexibility index (Phi) is 13.7. The van der Waals surface area contributed by atoms with Crippen LogP contribution in [0.25, 0.3) is 0 Å². The van der Waals surface area contributed by atoms with Crippen molar-refractivity contribution < 1.29 is 0 Å². The lowest BCUT2D eigenvalue weighted by atomic mass is 9.86. The number of hydrogen-bond donors (Lipinski definition) is 0. The van der Waals surface area contributed by atoms with Crippen LogP contribution in [-0.2, 0) is 19.3 Å². The SMILES string of the molecule is CCCCCCCCN1c2ccccc2Cc2cc3c(cc21)Cc1cc2c(cc1N3CCCCCCCC)Cc1ccccc1N2CCCCCCCC. The van der Waals surface area contributed by atoms with Crippen molar-refractivity contribution in [2.75, 3.05) is 34.3 Å². The van der Waals surface area contributed by atoms with Gasteiger partial charge in [-0.05, 0) is 89.0 Å². The second-order valence-electron chi connectivity index (χ2n) is 16.8. The molecule has 0 saturated heterocycles. The van der Waals surface area contributed by atoms with Gasteiger partial charge in [0.1, 0.15) is 0 Å². The fourth-order valence-electron chi connectivity index (χ4n) is 9.62. The summed E-state index contributed by atoms with van der Waals surface area (Å²) in [5.41, 5.74) is 17.7. The van der Waals surface area contributed by atoms with Crippen molar-refractivity contribution in [3.8, 4) is 0 Å². The third-order valence-corrected chi connectivity index (χ3v) is 12.6. The minimum atomic E-state index is 1.01. The maximum Gasteiger partial charge on any atom is 0.0451 e. The number of para-hydroxylation sites is 2. The summed E-state index contributed by atoms with van der Waals surface area (Å²) in [6.07, 6.45) is 27.0. The van der Waals surface area contributed by atoms with Crippen LogP contribution in [0, 0.1) is 0 Å². The Bertz CT molecular complexity index is 1680. The van der Waals surface area contributed by atoms with Crippen LogP contribution in [0.4, 0.5) is 34.1 Å². The van der Waals surface area contributed by atoms with Crippen molar-refractivity contribution in [1.29, 1.82) is 0 Å². The van der Waals surface area contributed by atoms with E-state index in [-0.39, 0.29) is 0 Å². The van der Waals surface area contributed by atoms with Crippen LogP contribution in [0.2, 0.25) is 0 Å². The highest BCUT2D eigenvalue weighted by Gasteiger charge is 2.31. The smallest absolute Gasteiger partial charge is 0.0451 e. The Morgan fingerprint density at radius 3 is 0.944 bits per heavy atom. The van der Waals surface area contributed by atoms with Crippen molar-refractivity contribution in [3.05, 3.63) is 106 Å². The number of benzene rings is 4. The van der Waals surface area contributed by atoms with Crippen LogP contribution in [0.3, 0.4) is 0 Å². The molecule has 0 atom stereocenters. The Balaban J connectivity index is 1.21. The van der Waals surface area contributed by atoms with Gasteiger partial charge < -0.3 is 14.7 Å². The predicted molar refractivity (Wildman–Crippen MR) is 235 cm³/mol. The van der Waals surface area contributed by atoms with E-state index < -0.39 is 0 Å². The molecule has 0 saturated carbocycles. The van der Waals surface area contributed by atoms with Crippen LogP contribution in [-0.4, -0.2) is 19.6 Å². The zero-order valence-corrected chi connectivity index (χ0v) is 34.2. The van der Waals surface area contributed by atoms with E-state index in [1.807, 2.05) is 0 Å². The molecule has 3 aliphatic rings. The minimum absolute atomic E-state index is 1.01. The fraction of sp³-hybridized carbons (Fsp3) is 0.529. The molecular weight excluding hydrogens is 655 g/mol. The van der Waals surface area contributed by atoms with E-state index in [4.69, 9.17) is 0 Å². The Labute approximate surface area is 329 Å². The van der Waals surface area contributed by atoms with Crippen LogP contribution in [0.15, 0.2) is 72.8 Å². The summed E-state index contributed by atoms with van der Waals surface area (Å²) >= 11 is 0. The summed E-state index contributed by atoms with van der Waals surface area (Å²) in [6, 6.07) is 28.9. The molecule has 288 valence electrons. The highest BCUT2D eigenvalue weighted by atomic mass is 15.2. The molecule has 0 radical (unpaired) electrons. The van der Waals surface area contributed by atoms with E-state index in [9.17, 15) is 0 Å². The predicted octanol–water partition coefficient (Wildman–Crippen LogP) is 14.9. The lowest BCUT2D eigenvalue weighted by Crippen LogP contribution is -2.29. The third-order valence-electron chi connectivity index (χ3n) is 12.6. The van der Waals surface area contributed by atoms with Gasteiger partial charge in [-0.2, -0.15) is 0 Å². The van der Waals surface area contributed by atoms with Crippen LogP contribution in [0.1, 0.15) is 170 Å². The number of anilines is 6. The molecule has 54 heavy (non-hydrogen) atoms. The van der Waals surface area contributed by atoms with Gasteiger partial charge in [0.2, 0.25) is 0 Å². The Hall–Kier alpha value is -3.72. The largest absolute Gasteiger partial charge is 0.341 e. The first-order valence-corrected chi connectivity index (χ1v) is 22.5. The van der Waals surface area contributed by atoms with Gasteiger partial charge in [-0.15, -0.1) is 0 Å². The highest BCUT2D eigenvalue weighted by Crippen LogP contribution is 2.49. The van der Waals surface area contributed by atoms with Crippen molar-refractivity contribution in [1.82, 2.24) is 0 Å². The molecule has 0 unspecified atom stereocenters. The molecule has 4 aromatic carbocycles. The quantitative estimate of drug-likeness (QED) is 0.0793. The van der Waals surface area contributed by atoms with E-state index >= 15 is 0 Å². The molecule has 0 aliphatic carbocycles. The molecule has 3 heteroatoms. The van der Waals surface area contributed by atoms with E-state index in [0.29, 0.717) is 0 Å². The Morgan fingerprint density at radius 2 is 0.593 bits per heavy atom. The summed E-state index contributed by atoms with van der Waals surface area (Å²) in [6.45, 7) is 10.3. The summed E-state index contributed by atoms with van der Waals surface area (Å²) in [5.74, 6) is 0. The van der Waals surface area contributed by atoms with Crippen LogP contribution < -0.4 is 14.7 Å². The summed E-state index contributed by atoms with van der Waals surface area (Å²) in [5, 5.41) is 0. The van der Waals surface area contributed by atoms with Crippen molar-refractivity contribution in [2.24, 2.45) is 0 Å². The maximum atomic E-state index is 2.76. The summed E-state index contributed by atoms with van der Waals surface area (Å²) < 4.78 is 0. The summed E-state index contributed by atoms with van der Waals surface area (Å²) in [7, 11) is 0. The lowest BCUT2D eigenvalue weighted by molar-refractivity contribution is 0.607. The van der Waals surface area contributed by atoms with Crippen molar-refractivity contribution >= 4 is 34.1 Å². The van der Waals surface area contributed by atoms with Gasteiger partial charge in [-0.25, -0.2) is 0 Å². The molecule has 3 aliphatic heterocycles. The number of nitrogens with zero attached hydrogens (tertiary/aromatic N) is 3. The molecular formula is C51H69N3. The molecule has 0 fully saturated rings. The highest BCUT2D eigenvalue weighted by molar-refractivity contribution is 5.85. The topological polar surface area (TPSA) is 9.72 Å². The lowest BCUT2D eigenvalue weighted by Gasteiger charge is -2.40. The third kappa shape index (κ3) is 8.87. The molecule has 3 heterocycles. The van der Waals surface area contributed by atoms with Crippen LogP contribution >= 0.6 is 0 Å². The molecule has 3 nitrogen and oxygen atoms in total. The van der Waals surface area contributed by atoms with E-state index in [1.165, 1.54) is 183 Å². The van der Waals surface area contributed by atoms with E-state index in [0.717, 1.165) is 38.9 Å². The van der Waals surface area contributed by atoms with Gasteiger partial charge in [-0.3, -0.25) is 0 Å². The van der Waals surface area contributed by atoms with Gasteiger partial charge >= 0.3 is 0 Å². The molecule has 0 bridgehead atoms. The van der Waals surface area contributed by atoms with Gasteiger partial charge in [-0.1, -0.05) is 153 Å². The average molecular weight is 724 g/mol. The van der Waals surface area contributed by atoms with Crippen LogP contribution in [0.5, 0.6) is 0 Å².